The van der Waals surface area contributed by atoms with Gasteiger partial charge in [-0.1, -0.05) is 60.7 Å². The number of carbonyl (C=O) groups is 4. The molecule has 0 heterocycles. The van der Waals surface area contributed by atoms with Gasteiger partial charge in [-0.15, -0.1) is 0 Å². The summed E-state index contributed by atoms with van der Waals surface area (Å²) in [6.45, 7) is 0.552. The number of nitrogens with one attached hydrogen (secondary N) is 3. The highest BCUT2D eigenvalue weighted by atomic mass is 16.6. The predicted octanol–water partition coefficient (Wildman–Crippen LogP) is 1.73. The molecule has 1 atom stereocenters. The van der Waals surface area contributed by atoms with E-state index in [1.54, 1.807) is 0 Å². The van der Waals surface area contributed by atoms with Crippen LogP contribution in [0.5, 0.6) is 0 Å². The Kier molecular flexibility index (Phi) is 12.3. The van der Waals surface area contributed by atoms with Gasteiger partial charge in [-0.2, -0.15) is 0 Å². The summed E-state index contributed by atoms with van der Waals surface area (Å²) in [5, 5.41) is 16.9. The fraction of sp³-hybridized carbons (Fsp3) is 0.360. The van der Waals surface area contributed by atoms with Gasteiger partial charge in [-0.3, -0.25) is 9.59 Å². The van der Waals surface area contributed by atoms with Crippen molar-refractivity contribution in [3.8, 4) is 0 Å². The van der Waals surface area contributed by atoms with Gasteiger partial charge >= 0.3 is 18.2 Å². The quantitative estimate of drug-likeness (QED) is 0.307. The summed E-state index contributed by atoms with van der Waals surface area (Å²) < 4.78 is 10.3. The molecule has 4 N–H and O–H groups in total. The van der Waals surface area contributed by atoms with Gasteiger partial charge in [0.15, 0.2) is 0 Å². The lowest BCUT2D eigenvalue weighted by molar-refractivity contribution is -0.143. The van der Waals surface area contributed by atoms with Gasteiger partial charge in [-0.05, 0) is 18.2 Å². The average molecular weight is 501 g/mol. The zero-order chi connectivity index (χ0) is 26.2. The molecule has 0 saturated heterocycles. The molecule has 3 amide bonds. The largest absolute Gasteiger partial charge is 0.480 e. The summed E-state index contributed by atoms with van der Waals surface area (Å²) in [7, 11) is 1.45. The molecule has 0 aliphatic rings. The molecule has 36 heavy (non-hydrogen) atoms. The number of ether oxygens (including phenoxy) is 2. The van der Waals surface area contributed by atoms with Crippen LogP contribution in [0.15, 0.2) is 60.7 Å². The molecule has 0 aliphatic heterocycles. The molecular formula is C25H32N4O7. The van der Waals surface area contributed by atoms with Crippen molar-refractivity contribution in [1.82, 2.24) is 20.9 Å². The third-order valence-electron chi connectivity index (χ3n) is 5.11. The number of alkyl carbamates (subject to hydrolysis) is 2. The van der Waals surface area contributed by atoms with E-state index in [1.165, 1.54) is 11.9 Å². The lowest BCUT2D eigenvalue weighted by Gasteiger charge is -2.24. The molecule has 11 heteroatoms. The standard InChI is InChI=1S/C25H32N4O7/c1-26-21(23(31)32)16-22(30)29(14-12-27-24(33)35-17-19-8-4-2-5-9-19)15-13-28-25(34)36-18-20-10-6-3-7-11-20/h2-11,21,26H,12-18H2,1H3,(H,27,33)(H,28,34)(H,31,32)/t21-/m0/s1. The molecule has 0 fully saturated rings. The minimum absolute atomic E-state index is 0.0785. The molecule has 2 aromatic carbocycles. The van der Waals surface area contributed by atoms with E-state index in [2.05, 4.69) is 16.0 Å². The van der Waals surface area contributed by atoms with E-state index in [1.807, 2.05) is 60.7 Å². The van der Waals surface area contributed by atoms with Crippen molar-refractivity contribution in [2.45, 2.75) is 25.7 Å². The average Bonchev–Trinajstić information content (AvgIpc) is 2.89. The zero-order valence-corrected chi connectivity index (χ0v) is 20.1. The molecule has 194 valence electrons. The fourth-order valence-electron chi connectivity index (χ4n) is 3.11. The van der Waals surface area contributed by atoms with E-state index in [4.69, 9.17) is 9.47 Å². The number of benzene rings is 2. The summed E-state index contributed by atoms with van der Waals surface area (Å²) in [5.41, 5.74) is 1.67. The summed E-state index contributed by atoms with van der Waals surface area (Å²) in [5.74, 6) is -1.60. The van der Waals surface area contributed by atoms with E-state index in [0.29, 0.717) is 0 Å². The number of hydrogen-bond donors (Lipinski definition) is 4. The van der Waals surface area contributed by atoms with E-state index in [0.717, 1.165) is 11.1 Å². The smallest absolute Gasteiger partial charge is 0.407 e. The van der Waals surface area contributed by atoms with Crippen LogP contribution in [0.2, 0.25) is 0 Å². The van der Waals surface area contributed by atoms with Crippen LogP contribution in [0.1, 0.15) is 17.5 Å². The third-order valence-corrected chi connectivity index (χ3v) is 5.11. The number of amides is 3. The molecule has 2 rings (SSSR count). The molecule has 0 bridgehead atoms. The third kappa shape index (κ3) is 10.9. The Labute approximate surface area is 209 Å². The van der Waals surface area contributed by atoms with Crippen LogP contribution < -0.4 is 16.0 Å². The first kappa shape index (κ1) is 28.1. The van der Waals surface area contributed by atoms with Crippen LogP contribution in [-0.2, 0) is 32.3 Å². The normalized spacial score (nSPS) is 11.1. The number of rotatable bonds is 14. The maximum absolute atomic E-state index is 12.7. The zero-order valence-electron chi connectivity index (χ0n) is 20.1. The Bertz CT molecular complexity index is 911. The van der Waals surface area contributed by atoms with E-state index in [-0.39, 0.29) is 45.8 Å². The Balaban J connectivity index is 1.81. The molecule has 2 aromatic rings. The Morgan fingerprint density at radius 3 is 1.64 bits per heavy atom. The van der Waals surface area contributed by atoms with Gasteiger partial charge in [0, 0.05) is 26.2 Å². The number of carbonyl (C=O) groups excluding carboxylic acids is 3. The fourth-order valence-corrected chi connectivity index (χ4v) is 3.11. The van der Waals surface area contributed by atoms with Crippen molar-refractivity contribution < 1.29 is 33.8 Å². The summed E-state index contributed by atoms with van der Waals surface area (Å²) >= 11 is 0. The van der Waals surface area contributed by atoms with Gasteiger partial charge in [0.25, 0.3) is 0 Å². The van der Waals surface area contributed by atoms with E-state index >= 15 is 0 Å². The second-order valence-electron chi connectivity index (χ2n) is 7.74. The van der Waals surface area contributed by atoms with Crippen LogP contribution in [-0.4, -0.2) is 73.3 Å². The minimum Gasteiger partial charge on any atom is -0.480 e. The summed E-state index contributed by atoms with van der Waals surface area (Å²) in [6.07, 6.45) is -1.58. The molecule has 0 spiro atoms. The molecule has 0 aliphatic carbocycles. The maximum Gasteiger partial charge on any atom is 0.407 e. The van der Waals surface area contributed by atoms with Crippen LogP contribution in [0.3, 0.4) is 0 Å². The Hall–Kier alpha value is -4.12. The number of likely N-dealkylation sites (N-methyl/N-ethyl adjacent to an activating group) is 1. The van der Waals surface area contributed by atoms with Gasteiger partial charge in [0.2, 0.25) is 5.91 Å². The second-order valence-corrected chi connectivity index (χ2v) is 7.74. The van der Waals surface area contributed by atoms with Crippen molar-refractivity contribution in [3.05, 3.63) is 71.8 Å². The van der Waals surface area contributed by atoms with Crippen LogP contribution >= 0.6 is 0 Å². The highest BCUT2D eigenvalue weighted by Gasteiger charge is 2.23. The molecule has 0 aromatic heterocycles. The number of aliphatic carboxylic acids is 1. The van der Waals surface area contributed by atoms with E-state index < -0.39 is 30.1 Å². The predicted molar refractivity (Wildman–Crippen MR) is 131 cm³/mol. The Morgan fingerprint density at radius 2 is 1.25 bits per heavy atom. The van der Waals surface area contributed by atoms with E-state index in [9.17, 15) is 24.3 Å². The topological polar surface area (TPSA) is 146 Å². The maximum atomic E-state index is 12.7. The van der Waals surface area contributed by atoms with Gasteiger partial charge < -0.3 is 35.4 Å². The lowest BCUT2D eigenvalue weighted by Crippen LogP contribution is -2.46. The van der Waals surface area contributed by atoms with Crippen molar-refractivity contribution in [2.24, 2.45) is 0 Å². The first-order chi connectivity index (χ1) is 17.4. The molecule has 0 unspecified atom stereocenters. The SMILES string of the molecule is CN[C@@H](CC(=O)N(CCNC(=O)OCc1ccccc1)CCNC(=O)OCc1ccccc1)C(=O)O. The Morgan fingerprint density at radius 1 is 0.806 bits per heavy atom. The van der Waals surface area contributed by atoms with Gasteiger partial charge in [-0.25, -0.2) is 9.59 Å². The number of carboxylic acid groups (broad SMARTS) is 1. The van der Waals surface area contributed by atoms with Crippen LogP contribution in [0.4, 0.5) is 9.59 Å². The minimum atomic E-state index is -1.16. The molecule has 11 nitrogen and oxygen atoms in total. The van der Waals surface area contributed by atoms with Crippen molar-refractivity contribution >= 4 is 24.1 Å². The summed E-state index contributed by atoms with van der Waals surface area (Å²) in [4.78, 5) is 49.3. The summed E-state index contributed by atoms with van der Waals surface area (Å²) in [6, 6.07) is 17.3. The molecule has 0 saturated carbocycles. The van der Waals surface area contributed by atoms with Gasteiger partial charge in [0.05, 0.1) is 6.42 Å². The van der Waals surface area contributed by atoms with Crippen LogP contribution in [0, 0.1) is 0 Å². The molecular weight excluding hydrogens is 468 g/mol. The van der Waals surface area contributed by atoms with Crippen LogP contribution in [0.25, 0.3) is 0 Å². The molecule has 0 radical (unpaired) electrons. The monoisotopic (exact) mass is 500 g/mol. The van der Waals surface area contributed by atoms with Crippen molar-refractivity contribution in [3.63, 3.8) is 0 Å². The number of hydrogen-bond acceptors (Lipinski definition) is 7. The highest BCUT2D eigenvalue weighted by Crippen LogP contribution is 2.03. The van der Waals surface area contributed by atoms with Crippen molar-refractivity contribution in [2.75, 3.05) is 33.2 Å². The number of carboxylic acids is 1. The van der Waals surface area contributed by atoms with Gasteiger partial charge in [0.1, 0.15) is 19.3 Å². The first-order valence-corrected chi connectivity index (χ1v) is 11.5. The number of nitrogens with zero attached hydrogens (tertiary/aromatic N) is 1. The first-order valence-electron chi connectivity index (χ1n) is 11.5. The second kappa shape index (κ2) is 15.7. The highest BCUT2D eigenvalue weighted by molar-refractivity contribution is 5.84. The lowest BCUT2D eigenvalue weighted by atomic mass is 10.2. The van der Waals surface area contributed by atoms with Crippen molar-refractivity contribution in [1.29, 1.82) is 0 Å².